The number of rotatable bonds is 4. The molecule has 1 saturated carbocycles. The van der Waals surface area contributed by atoms with Crippen molar-refractivity contribution >= 4 is 0 Å². The molecule has 0 bridgehead atoms. The zero-order chi connectivity index (χ0) is 11.5. The number of nitrogens with zero attached hydrogens (tertiary/aromatic N) is 1. The van der Waals surface area contributed by atoms with E-state index in [0.717, 1.165) is 18.9 Å². The first-order valence-corrected chi connectivity index (χ1v) is 6.73. The largest absolute Gasteiger partial charge is 0.490 e. The average molecular weight is 232 g/mol. The highest BCUT2D eigenvalue weighted by Crippen LogP contribution is 2.34. The van der Waals surface area contributed by atoms with Crippen molar-refractivity contribution in [3.63, 3.8) is 0 Å². The zero-order valence-electron chi connectivity index (χ0n) is 10.2. The van der Waals surface area contributed by atoms with E-state index in [1.165, 1.54) is 37.7 Å². The van der Waals surface area contributed by atoms with Gasteiger partial charge in [0.15, 0.2) is 0 Å². The van der Waals surface area contributed by atoms with Crippen LogP contribution in [0.3, 0.4) is 0 Å². The Hall–Kier alpha value is -1.09. The molecule has 1 aromatic heterocycles. The summed E-state index contributed by atoms with van der Waals surface area (Å²) in [6.45, 7) is 1.91. The zero-order valence-corrected chi connectivity index (χ0v) is 10.2. The van der Waals surface area contributed by atoms with Crippen LogP contribution >= 0.6 is 0 Å². The van der Waals surface area contributed by atoms with Crippen molar-refractivity contribution in [3.05, 3.63) is 24.0 Å². The third-order valence-electron chi connectivity index (χ3n) is 3.94. The second kappa shape index (κ2) is 5.05. The van der Waals surface area contributed by atoms with Crippen molar-refractivity contribution < 1.29 is 4.74 Å². The fraction of sp³-hybridized carbons (Fsp3) is 0.643. The molecule has 1 unspecified atom stereocenters. The van der Waals surface area contributed by atoms with Gasteiger partial charge in [0.05, 0.1) is 6.20 Å². The SMILES string of the molecule is c1ncc(C2CCCC2)cc1OCC1CCN1. The summed E-state index contributed by atoms with van der Waals surface area (Å²) < 4.78 is 5.79. The van der Waals surface area contributed by atoms with Gasteiger partial charge in [-0.05, 0) is 43.4 Å². The summed E-state index contributed by atoms with van der Waals surface area (Å²) in [5.74, 6) is 1.65. The van der Waals surface area contributed by atoms with Crippen molar-refractivity contribution in [2.75, 3.05) is 13.2 Å². The lowest BCUT2D eigenvalue weighted by Crippen LogP contribution is -2.46. The fourth-order valence-corrected chi connectivity index (χ4v) is 2.68. The molecule has 1 saturated heterocycles. The highest BCUT2D eigenvalue weighted by atomic mass is 16.5. The van der Waals surface area contributed by atoms with Gasteiger partial charge in [0.1, 0.15) is 12.4 Å². The lowest BCUT2D eigenvalue weighted by atomic mass is 10.00. The molecule has 2 heterocycles. The van der Waals surface area contributed by atoms with Crippen molar-refractivity contribution in [3.8, 4) is 5.75 Å². The van der Waals surface area contributed by atoms with Crippen LogP contribution in [0.5, 0.6) is 5.75 Å². The Labute approximate surface area is 103 Å². The first kappa shape index (κ1) is 11.0. The monoisotopic (exact) mass is 232 g/mol. The molecule has 2 aliphatic rings. The van der Waals surface area contributed by atoms with E-state index in [0.29, 0.717) is 12.0 Å². The normalized spacial score (nSPS) is 24.6. The standard InChI is InChI=1S/C14H20N2O/c1-2-4-11(3-1)12-7-14(9-15-8-12)17-10-13-5-6-16-13/h7-9,11,13,16H,1-6,10H2. The van der Waals surface area contributed by atoms with Crippen LogP contribution in [0.1, 0.15) is 43.6 Å². The first-order chi connectivity index (χ1) is 8.42. The van der Waals surface area contributed by atoms with E-state index < -0.39 is 0 Å². The lowest BCUT2D eigenvalue weighted by Gasteiger charge is -2.27. The molecule has 17 heavy (non-hydrogen) atoms. The molecule has 0 amide bonds. The molecule has 1 atom stereocenters. The van der Waals surface area contributed by atoms with E-state index in [-0.39, 0.29) is 0 Å². The quantitative estimate of drug-likeness (QED) is 0.866. The number of hydrogen-bond donors (Lipinski definition) is 1. The third kappa shape index (κ3) is 2.60. The minimum absolute atomic E-state index is 0.546. The van der Waals surface area contributed by atoms with Gasteiger partial charge in [-0.2, -0.15) is 0 Å². The molecule has 0 aromatic carbocycles. The number of aromatic nitrogens is 1. The molecule has 1 aliphatic heterocycles. The first-order valence-electron chi connectivity index (χ1n) is 6.73. The van der Waals surface area contributed by atoms with Crippen molar-refractivity contribution in [2.45, 2.75) is 44.1 Å². The Morgan fingerprint density at radius 2 is 2.06 bits per heavy atom. The van der Waals surface area contributed by atoms with Crippen LogP contribution in [0.2, 0.25) is 0 Å². The Morgan fingerprint density at radius 1 is 1.24 bits per heavy atom. The summed E-state index contributed by atoms with van der Waals surface area (Å²) in [5.41, 5.74) is 1.36. The van der Waals surface area contributed by atoms with Crippen LogP contribution in [0, 0.1) is 0 Å². The Balaban J connectivity index is 1.61. The molecule has 1 N–H and O–H groups in total. The minimum Gasteiger partial charge on any atom is -0.490 e. The van der Waals surface area contributed by atoms with Gasteiger partial charge in [-0.25, -0.2) is 0 Å². The summed E-state index contributed by atoms with van der Waals surface area (Å²) in [6.07, 6.45) is 10.4. The molecular formula is C14H20N2O. The van der Waals surface area contributed by atoms with Gasteiger partial charge < -0.3 is 10.1 Å². The van der Waals surface area contributed by atoms with Gasteiger partial charge in [-0.15, -0.1) is 0 Å². The molecule has 1 aromatic rings. The van der Waals surface area contributed by atoms with Crippen molar-refractivity contribution in [1.82, 2.24) is 10.3 Å². The average Bonchev–Trinajstić information content (AvgIpc) is 2.81. The second-order valence-corrected chi connectivity index (χ2v) is 5.19. The summed E-state index contributed by atoms with van der Waals surface area (Å²) in [5, 5.41) is 3.34. The van der Waals surface area contributed by atoms with E-state index in [4.69, 9.17) is 4.74 Å². The van der Waals surface area contributed by atoms with E-state index in [1.54, 1.807) is 0 Å². The smallest absolute Gasteiger partial charge is 0.137 e. The Kier molecular flexibility index (Phi) is 3.27. The number of ether oxygens (including phenoxy) is 1. The summed E-state index contributed by atoms with van der Waals surface area (Å²) >= 11 is 0. The number of pyridine rings is 1. The predicted molar refractivity (Wildman–Crippen MR) is 67.3 cm³/mol. The van der Waals surface area contributed by atoms with Crippen LogP contribution in [-0.4, -0.2) is 24.2 Å². The van der Waals surface area contributed by atoms with Crippen LogP contribution in [-0.2, 0) is 0 Å². The van der Waals surface area contributed by atoms with Crippen LogP contribution in [0.25, 0.3) is 0 Å². The molecule has 92 valence electrons. The Morgan fingerprint density at radius 3 is 2.76 bits per heavy atom. The Bertz CT molecular complexity index is 370. The van der Waals surface area contributed by atoms with Gasteiger partial charge in [0.2, 0.25) is 0 Å². The van der Waals surface area contributed by atoms with Gasteiger partial charge in [-0.3, -0.25) is 4.98 Å². The molecule has 3 heteroatoms. The van der Waals surface area contributed by atoms with E-state index in [9.17, 15) is 0 Å². The molecule has 3 rings (SSSR count). The number of nitrogens with one attached hydrogen (secondary N) is 1. The summed E-state index contributed by atoms with van der Waals surface area (Å²) in [7, 11) is 0. The third-order valence-corrected chi connectivity index (χ3v) is 3.94. The van der Waals surface area contributed by atoms with Crippen LogP contribution < -0.4 is 10.1 Å². The van der Waals surface area contributed by atoms with Crippen LogP contribution in [0.15, 0.2) is 18.5 Å². The van der Waals surface area contributed by atoms with Gasteiger partial charge in [-0.1, -0.05) is 12.8 Å². The maximum atomic E-state index is 5.79. The lowest BCUT2D eigenvalue weighted by molar-refractivity contribution is 0.216. The number of hydrogen-bond acceptors (Lipinski definition) is 3. The van der Waals surface area contributed by atoms with E-state index in [1.807, 2.05) is 12.4 Å². The van der Waals surface area contributed by atoms with Gasteiger partial charge in [0.25, 0.3) is 0 Å². The molecule has 2 fully saturated rings. The predicted octanol–water partition coefficient (Wildman–Crippen LogP) is 2.48. The fourth-order valence-electron chi connectivity index (χ4n) is 2.68. The second-order valence-electron chi connectivity index (χ2n) is 5.19. The maximum absolute atomic E-state index is 5.79. The molecule has 1 aliphatic carbocycles. The van der Waals surface area contributed by atoms with Gasteiger partial charge >= 0.3 is 0 Å². The van der Waals surface area contributed by atoms with E-state index >= 15 is 0 Å². The van der Waals surface area contributed by atoms with Gasteiger partial charge in [0, 0.05) is 12.2 Å². The topological polar surface area (TPSA) is 34.1 Å². The molecule has 0 spiro atoms. The molecule has 0 radical (unpaired) electrons. The minimum atomic E-state index is 0.546. The van der Waals surface area contributed by atoms with Crippen molar-refractivity contribution in [2.24, 2.45) is 0 Å². The summed E-state index contributed by atoms with van der Waals surface area (Å²) in [6, 6.07) is 2.73. The maximum Gasteiger partial charge on any atom is 0.137 e. The van der Waals surface area contributed by atoms with E-state index in [2.05, 4.69) is 16.4 Å². The highest BCUT2D eigenvalue weighted by Gasteiger charge is 2.19. The molecule has 3 nitrogen and oxygen atoms in total. The highest BCUT2D eigenvalue weighted by molar-refractivity contribution is 5.27. The van der Waals surface area contributed by atoms with Crippen molar-refractivity contribution in [1.29, 1.82) is 0 Å². The molecular weight excluding hydrogens is 212 g/mol. The van der Waals surface area contributed by atoms with Crippen LogP contribution in [0.4, 0.5) is 0 Å². The summed E-state index contributed by atoms with van der Waals surface area (Å²) in [4.78, 5) is 4.31.